The zero-order valence-corrected chi connectivity index (χ0v) is 20.6. The molecule has 3 rings (SSSR count). The van der Waals surface area contributed by atoms with Gasteiger partial charge in [0.2, 0.25) is 0 Å². The Morgan fingerprint density at radius 2 is 2.10 bits per heavy atom. The van der Waals surface area contributed by atoms with Crippen molar-refractivity contribution in [2.24, 2.45) is 18.0 Å². The molecule has 0 aliphatic carbocycles. The van der Waals surface area contributed by atoms with Crippen LogP contribution in [0.2, 0.25) is 0 Å². The summed E-state index contributed by atoms with van der Waals surface area (Å²) in [5, 5.41) is 11.4. The Bertz CT molecular complexity index is 622. The zero-order chi connectivity index (χ0) is 19.9. The lowest BCUT2D eigenvalue weighted by Crippen LogP contribution is -2.50. The maximum absolute atomic E-state index is 5.51. The van der Waals surface area contributed by atoms with E-state index in [0.29, 0.717) is 6.04 Å². The monoisotopic (exact) mass is 519 g/mol. The van der Waals surface area contributed by atoms with Crippen LogP contribution in [0, 0.1) is 5.92 Å². The van der Waals surface area contributed by atoms with Crippen LogP contribution < -0.4 is 10.6 Å². The van der Waals surface area contributed by atoms with E-state index in [4.69, 9.17) is 4.74 Å². The largest absolute Gasteiger partial charge is 0.381 e. The predicted octanol–water partition coefficient (Wildman–Crippen LogP) is 1.31. The van der Waals surface area contributed by atoms with E-state index in [1.807, 2.05) is 25.0 Å². The number of piperidine rings is 1. The highest BCUT2D eigenvalue weighted by Gasteiger charge is 2.24. The van der Waals surface area contributed by atoms with Crippen LogP contribution in [0.4, 0.5) is 0 Å². The quantitative estimate of drug-likeness (QED) is 0.322. The Morgan fingerprint density at radius 1 is 1.34 bits per heavy atom. The molecule has 3 heterocycles. The summed E-state index contributed by atoms with van der Waals surface area (Å²) in [6, 6.07) is 0.737. The summed E-state index contributed by atoms with van der Waals surface area (Å²) in [6.45, 7) is 6.17. The number of aromatic nitrogens is 2. The van der Waals surface area contributed by atoms with Gasteiger partial charge in [-0.05, 0) is 39.3 Å². The normalized spacial score (nSPS) is 22.5. The summed E-state index contributed by atoms with van der Waals surface area (Å²) in [5.74, 6) is 1.62. The molecule has 2 fully saturated rings. The van der Waals surface area contributed by atoms with E-state index in [0.717, 1.165) is 57.6 Å². The molecule has 1 aromatic rings. The fourth-order valence-electron chi connectivity index (χ4n) is 4.14. The molecule has 2 atom stereocenters. The van der Waals surface area contributed by atoms with Crippen LogP contribution in [-0.4, -0.2) is 92.1 Å². The number of aliphatic imine (C=N–C) groups is 1. The summed E-state index contributed by atoms with van der Waals surface area (Å²) < 4.78 is 7.36. The van der Waals surface area contributed by atoms with Crippen LogP contribution in [0.5, 0.6) is 0 Å². The molecule has 166 valence electrons. The van der Waals surface area contributed by atoms with Crippen molar-refractivity contribution >= 4 is 29.9 Å². The van der Waals surface area contributed by atoms with Gasteiger partial charge in [0.15, 0.2) is 5.96 Å². The molecule has 8 nitrogen and oxygen atoms in total. The first kappa shape index (κ1) is 24.4. The van der Waals surface area contributed by atoms with Gasteiger partial charge in [-0.15, -0.1) is 24.0 Å². The molecular formula is C20H38IN7O. The molecule has 2 N–H and O–H groups in total. The van der Waals surface area contributed by atoms with E-state index in [2.05, 4.69) is 50.8 Å². The number of likely N-dealkylation sites (N-methyl/N-ethyl adjacent to an activating group) is 1. The number of rotatable bonds is 7. The summed E-state index contributed by atoms with van der Waals surface area (Å²) in [6.07, 6.45) is 7.56. The Hall–Kier alpha value is -0.910. The highest BCUT2D eigenvalue weighted by atomic mass is 127. The van der Waals surface area contributed by atoms with Crippen molar-refractivity contribution < 1.29 is 4.74 Å². The molecule has 9 heteroatoms. The maximum Gasteiger partial charge on any atom is 0.191 e. The fraction of sp³-hybridized carbons (Fsp3) is 0.800. The van der Waals surface area contributed by atoms with Gasteiger partial charge in [0.05, 0.1) is 18.8 Å². The summed E-state index contributed by atoms with van der Waals surface area (Å²) >= 11 is 0. The van der Waals surface area contributed by atoms with Crippen LogP contribution in [0.15, 0.2) is 17.4 Å². The van der Waals surface area contributed by atoms with Crippen LogP contribution >= 0.6 is 24.0 Å². The zero-order valence-electron chi connectivity index (χ0n) is 18.3. The highest BCUT2D eigenvalue weighted by Crippen LogP contribution is 2.18. The minimum atomic E-state index is 0. The van der Waals surface area contributed by atoms with E-state index in [9.17, 15) is 0 Å². The number of nitrogens with one attached hydrogen (secondary N) is 2. The molecule has 0 bridgehead atoms. The van der Waals surface area contributed by atoms with Crippen LogP contribution in [0.25, 0.3) is 0 Å². The number of nitrogens with zero attached hydrogens (tertiary/aromatic N) is 5. The second-order valence-corrected chi connectivity index (χ2v) is 8.33. The van der Waals surface area contributed by atoms with Gasteiger partial charge in [0.1, 0.15) is 0 Å². The molecule has 1 aromatic heterocycles. The van der Waals surface area contributed by atoms with Crippen molar-refractivity contribution in [3.63, 3.8) is 0 Å². The number of likely N-dealkylation sites (tertiary alicyclic amines) is 1. The second-order valence-electron chi connectivity index (χ2n) is 8.33. The third kappa shape index (κ3) is 7.37. The SMILES string of the molecule is CN=C(NCC(c1cnn(C)c1)N(C)C)NC1CCN(CC2CCOC2)CC1.I. The molecule has 29 heavy (non-hydrogen) atoms. The first-order chi connectivity index (χ1) is 13.5. The van der Waals surface area contributed by atoms with Gasteiger partial charge in [-0.2, -0.15) is 5.10 Å². The lowest BCUT2D eigenvalue weighted by Gasteiger charge is -2.34. The van der Waals surface area contributed by atoms with Crippen LogP contribution in [0.3, 0.4) is 0 Å². The number of hydrogen-bond donors (Lipinski definition) is 2. The number of ether oxygens (including phenoxy) is 1. The van der Waals surface area contributed by atoms with Gasteiger partial charge in [-0.1, -0.05) is 0 Å². The number of halogens is 1. The summed E-state index contributed by atoms with van der Waals surface area (Å²) in [4.78, 5) is 9.25. The molecular weight excluding hydrogens is 481 g/mol. The van der Waals surface area contributed by atoms with Gasteiger partial charge < -0.3 is 25.2 Å². The molecule has 0 spiro atoms. The van der Waals surface area contributed by atoms with Gasteiger partial charge in [-0.25, -0.2) is 0 Å². The average molecular weight is 519 g/mol. The Balaban J connectivity index is 0.00000300. The molecule has 0 radical (unpaired) electrons. The Morgan fingerprint density at radius 3 is 2.66 bits per heavy atom. The van der Waals surface area contributed by atoms with Crippen LogP contribution in [0.1, 0.15) is 30.9 Å². The fourth-order valence-corrected chi connectivity index (χ4v) is 4.14. The van der Waals surface area contributed by atoms with Crippen molar-refractivity contribution in [3.05, 3.63) is 18.0 Å². The second kappa shape index (κ2) is 12.1. The third-order valence-corrected chi connectivity index (χ3v) is 5.89. The molecule has 0 saturated carbocycles. The van der Waals surface area contributed by atoms with Crippen LogP contribution in [-0.2, 0) is 11.8 Å². The molecule has 2 saturated heterocycles. The minimum Gasteiger partial charge on any atom is -0.381 e. The van der Waals surface area contributed by atoms with E-state index in [1.54, 1.807) is 0 Å². The number of hydrogen-bond acceptors (Lipinski definition) is 5. The summed E-state index contributed by atoms with van der Waals surface area (Å²) in [7, 11) is 8.00. The van der Waals surface area contributed by atoms with Gasteiger partial charge in [0, 0.05) is 64.7 Å². The van der Waals surface area contributed by atoms with E-state index in [-0.39, 0.29) is 30.0 Å². The van der Waals surface area contributed by atoms with E-state index in [1.165, 1.54) is 18.5 Å². The minimum absolute atomic E-state index is 0. The van der Waals surface area contributed by atoms with Crippen molar-refractivity contribution in [2.75, 3.05) is 60.5 Å². The maximum atomic E-state index is 5.51. The predicted molar refractivity (Wildman–Crippen MR) is 128 cm³/mol. The topological polar surface area (TPSA) is 70.0 Å². The average Bonchev–Trinajstić information content (AvgIpc) is 3.34. The van der Waals surface area contributed by atoms with Crippen molar-refractivity contribution in [1.29, 1.82) is 0 Å². The van der Waals surface area contributed by atoms with Gasteiger partial charge in [0.25, 0.3) is 0 Å². The van der Waals surface area contributed by atoms with E-state index < -0.39 is 0 Å². The highest BCUT2D eigenvalue weighted by molar-refractivity contribution is 14.0. The number of guanidine groups is 1. The lowest BCUT2D eigenvalue weighted by atomic mass is 10.0. The first-order valence-electron chi connectivity index (χ1n) is 10.5. The first-order valence-corrected chi connectivity index (χ1v) is 10.5. The number of aryl methyl sites for hydroxylation is 1. The molecule has 0 amide bonds. The standard InChI is InChI=1S/C20H37N7O.HI/c1-21-20(22-12-19(25(2)3)17-11-23-26(4)14-17)24-18-5-8-27(9-6-18)13-16-7-10-28-15-16;/h11,14,16,18-19H,5-10,12-13,15H2,1-4H3,(H2,21,22,24);1H. The smallest absolute Gasteiger partial charge is 0.191 e. The van der Waals surface area contributed by atoms with Gasteiger partial charge >= 0.3 is 0 Å². The summed E-state index contributed by atoms with van der Waals surface area (Å²) in [5.41, 5.74) is 1.21. The Kier molecular flexibility index (Phi) is 10.1. The molecule has 2 aliphatic rings. The lowest BCUT2D eigenvalue weighted by molar-refractivity contribution is 0.150. The van der Waals surface area contributed by atoms with Gasteiger partial charge in [-0.3, -0.25) is 9.67 Å². The van der Waals surface area contributed by atoms with Crippen molar-refractivity contribution in [1.82, 2.24) is 30.2 Å². The Labute approximate surface area is 192 Å². The van der Waals surface area contributed by atoms with E-state index >= 15 is 0 Å². The third-order valence-electron chi connectivity index (χ3n) is 5.89. The molecule has 2 aliphatic heterocycles. The van der Waals surface area contributed by atoms with Crippen molar-refractivity contribution in [3.8, 4) is 0 Å². The molecule has 2 unspecified atom stereocenters. The van der Waals surface area contributed by atoms with Crippen molar-refractivity contribution in [2.45, 2.75) is 31.3 Å². The molecule has 0 aromatic carbocycles.